The fraction of sp³-hybridized carbons (Fsp3) is 0.136. The van der Waals surface area contributed by atoms with E-state index in [1.807, 2.05) is 0 Å². The van der Waals surface area contributed by atoms with Gasteiger partial charge in [0, 0.05) is 11.1 Å². The monoisotopic (exact) mass is 528 g/mol. The van der Waals surface area contributed by atoms with Crippen molar-refractivity contribution in [1.82, 2.24) is 0 Å². The Morgan fingerprint density at radius 1 is 0.909 bits per heavy atom. The van der Waals surface area contributed by atoms with Gasteiger partial charge in [-0.3, -0.25) is 9.10 Å². The lowest BCUT2D eigenvalue weighted by molar-refractivity contribution is -0.114. The average molecular weight is 530 g/mol. The molecule has 0 fully saturated rings. The van der Waals surface area contributed by atoms with E-state index in [0.717, 1.165) is 4.31 Å². The summed E-state index contributed by atoms with van der Waals surface area (Å²) < 4.78 is 38.5. The largest absolute Gasteiger partial charge is 0.493 e. The number of ether oxygens (including phenoxy) is 2. The Labute approximate surface area is 206 Å². The second-order valence-corrected chi connectivity index (χ2v) is 9.76. The van der Waals surface area contributed by atoms with Gasteiger partial charge in [-0.2, -0.15) is 0 Å². The number of carbonyl (C=O) groups excluding carboxylic acids is 1. The van der Waals surface area contributed by atoms with Crippen molar-refractivity contribution < 1.29 is 22.7 Å². The molecule has 7 nitrogen and oxygen atoms in total. The molecule has 0 atom stereocenters. The molecule has 3 aromatic carbocycles. The van der Waals surface area contributed by atoms with E-state index >= 15 is 0 Å². The second kappa shape index (κ2) is 10.5. The summed E-state index contributed by atoms with van der Waals surface area (Å²) in [6, 6.07) is 14.9. The topological polar surface area (TPSA) is 84.9 Å². The van der Waals surface area contributed by atoms with Crippen molar-refractivity contribution in [2.45, 2.75) is 4.90 Å². The lowest BCUT2D eigenvalue weighted by atomic mass is 10.3. The number of hydrogen-bond donors (Lipinski definition) is 1. The third-order valence-corrected chi connectivity index (χ3v) is 7.22. The number of sulfonamides is 1. The average Bonchev–Trinajstić information content (AvgIpc) is 2.80. The number of nitrogens with zero attached hydrogens (tertiary/aromatic N) is 1. The number of rotatable bonds is 8. The predicted octanol–water partition coefficient (Wildman–Crippen LogP) is 5.50. The number of nitrogens with one attached hydrogen (secondary N) is 1. The molecule has 0 saturated heterocycles. The fourth-order valence-electron chi connectivity index (χ4n) is 2.95. The number of carbonyl (C=O) groups is 1. The van der Waals surface area contributed by atoms with Crippen LogP contribution in [0.3, 0.4) is 0 Å². The van der Waals surface area contributed by atoms with E-state index < -0.39 is 22.5 Å². The van der Waals surface area contributed by atoms with Crippen molar-refractivity contribution in [3.8, 4) is 11.5 Å². The summed E-state index contributed by atoms with van der Waals surface area (Å²) in [6.07, 6.45) is 0. The van der Waals surface area contributed by atoms with Crippen LogP contribution >= 0.6 is 34.8 Å². The van der Waals surface area contributed by atoms with Crippen molar-refractivity contribution in [3.63, 3.8) is 0 Å². The number of halogens is 3. The van der Waals surface area contributed by atoms with Crippen LogP contribution in [0.4, 0.5) is 11.4 Å². The van der Waals surface area contributed by atoms with Crippen LogP contribution in [0.15, 0.2) is 65.6 Å². The quantitative estimate of drug-likeness (QED) is 0.417. The van der Waals surface area contributed by atoms with Gasteiger partial charge in [0.1, 0.15) is 6.54 Å². The molecule has 0 bridgehead atoms. The van der Waals surface area contributed by atoms with Crippen molar-refractivity contribution in [2.24, 2.45) is 0 Å². The molecule has 3 rings (SSSR count). The van der Waals surface area contributed by atoms with Crippen LogP contribution in [0.25, 0.3) is 0 Å². The Morgan fingerprint density at radius 3 is 2.09 bits per heavy atom. The Balaban J connectivity index is 2.01. The number of methoxy groups -OCH3 is 2. The van der Waals surface area contributed by atoms with E-state index in [4.69, 9.17) is 44.3 Å². The summed E-state index contributed by atoms with van der Waals surface area (Å²) in [6.45, 7) is -0.556. The zero-order valence-electron chi connectivity index (χ0n) is 17.5. The molecule has 0 unspecified atom stereocenters. The number of hydrogen-bond acceptors (Lipinski definition) is 5. The summed E-state index contributed by atoms with van der Waals surface area (Å²) in [5, 5.41) is 3.42. The van der Waals surface area contributed by atoms with Gasteiger partial charge in [-0.25, -0.2) is 8.42 Å². The zero-order valence-corrected chi connectivity index (χ0v) is 20.6. The van der Waals surface area contributed by atoms with Gasteiger partial charge in [0.25, 0.3) is 10.0 Å². The first-order valence-corrected chi connectivity index (χ1v) is 12.0. The summed E-state index contributed by atoms with van der Waals surface area (Å²) >= 11 is 18.2. The molecule has 0 aliphatic carbocycles. The second-order valence-electron chi connectivity index (χ2n) is 6.65. The van der Waals surface area contributed by atoms with Gasteiger partial charge in [0.05, 0.1) is 40.5 Å². The molecule has 33 heavy (non-hydrogen) atoms. The van der Waals surface area contributed by atoms with Gasteiger partial charge in [0.15, 0.2) is 11.5 Å². The van der Waals surface area contributed by atoms with E-state index in [-0.39, 0.29) is 32.1 Å². The molecule has 3 aromatic rings. The highest BCUT2D eigenvalue weighted by atomic mass is 35.5. The Bertz CT molecular complexity index is 1250. The maximum atomic E-state index is 13.6. The molecule has 11 heteroatoms. The van der Waals surface area contributed by atoms with Crippen LogP contribution in [0.5, 0.6) is 11.5 Å². The van der Waals surface area contributed by atoms with E-state index in [0.29, 0.717) is 10.8 Å². The lowest BCUT2D eigenvalue weighted by Crippen LogP contribution is -2.38. The molecule has 0 heterocycles. The molecule has 0 aromatic heterocycles. The number of benzene rings is 3. The van der Waals surface area contributed by atoms with E-state index in [1.165, 1.54) is 56.7 Å². The smallest absolute Gasteiger partial charge is 0.264 e. The van der Waals surface area contributed by atoms with Gasteiger partial charge < -0.3 is 14.8 Å². The van der Waals surface area contributed by atoms with E-state index in [1.54, 1.807) is 18.2 Å². The first-order valence-electron chi connectivity index (χ1n) is 9.41. The van der Waals surface area contributed by atoms with E-state index in [9.17, 15) is 13.2 Å². The molecular formula is C22H19Cl3N2O5S. The van der Waals surface area contributed by atoms with Gasteiger partial charge in [0.2, 0.25) is 5.91 Å². The van der Waals surface area contributed by atoms with Crippen LogP contribution < -0.4 is 19.1 Å². The Hall–Kier alpha value is -2.65. The SMILES string of the molecule is COc1ccc(S(=O)(=O)N(CC(=O)Nc2c(Cl)cccc2Cl)c2ccc(Cl)cc2)cc1OC. The van der Waals surface area contributed by atoms with Crippen LogP contribution in [0.1, 0.15) is 0 Å². The standard InChI is InChI=1S/C22H19Cl3N2O5S/c1-31-19-11-10-16(12-20(19)32-2)33(29,30)27(15-8-6-14(23)7-9-15)13-21(28)26-22-17(24)4-3-5-18(22)25/h3-12H,13H2,1-2H3,(H,26,28). The molecule has 0 saturated carbocycles. The first-order chi connectivity index (χ1) is 15.7. The zero-order chi connectivity index (χ0) is 24.2. The number of amides is 1. The highest BCUT2D eigenvalue weighted by molar-refractivity contribution is 7.92. The molecule has 0 aliphatic rings. The highest BCUT2D eigenvalue weighted by Gasteiger charge is 2.29. The third-order valence-electron chi connectivity index (χ3n) is 4.57. The van der Waals surface area contributed by atoms with Crippen molar-refractivity contribution in [3.05, 3.63) is 75.7 Å². The van der Waals surface area contributed by atoms with Crippen LogP contribution in [0, 0.1) is 0 Å². The molecule has 1 N–H and O–H groups in total. The molecule has 174 valence electrons. The highest BCUT2D eigenvalue weighted by Crippen LogP contribution is 2.33. The van der Waals surface area contributed by atoms with Gasteiger partial charge in [-0.05, 0) is 48.5 Å². The Kier molecular flexibility index (Phi) is 7.97. The fourth-order valence-corrected chi connectivity index (χ4v) is 5.01. The van der Waals surface area contributed by atoms with Crippen LogP contribution in [0.2, 0.25) is 15.1 Å². The van der Waals surface area contributed by atoms with Crippen molar-refractivity contribution in [1.29, 1.82) is 0 Å². The van der Waals surface area contributed by atoms with Gasteiger partial charge >= 0.3 is 0 Å². The Morgan fingerprint density at radius 2 is 1.52 bits per heavy atom. The van der Waals surface area contributed by atoms with Crippen molar-refractivity contribution >= 4 is 62.1 Å². The van der Waals surface area contributed by atoms with Gasteiger partial charge in [-0.15, -0.1) is 0 Å². The maximum Gasteiger partial charge on any atom is 0.264 e. The first kappa shape index (κ1) is 25.0. The minimum Gasteiger partial charge on any atom is -0.493 e. The van der Waals surface area contributed by atoms with Crippen molar-refractivity contribution in [2.75, 3.05) is 30.4 Å². The summed E-state index contributed by atoms with van der Waals surface area (Å²) in [5.74, 6) is -0.0634. The van der Waals surface area contributed by atoms with Crippen LogP contribution in [-0.2, 0) is 14.8 Å². The predicted molar refractivity (Wildman–Crippen MR) is 131 cm³/mol. The molecule has 1 amide bonds. The summed E-state index contributed by atoms with van der Waals surface area (Å²) in [4.78, 5) is 12.8. The summed E-state index contributed by atoms with van der Waals surface area (Å²) in [5.41, 5.74) is 0.417. The minimum atomic E-state index is -4.20. The minimum absolute atomic E-state index is 0.0984. The molecule has 0 radical (unpaired) electrons. The summed E-state index contributed by atoms with van der Waals surface area (Å²) in [7, 11) is -1.37. The molecule has 0 spiro atoms. The molecular weight excluding hydrogens is 511 g/mol. The third kappa shape index (κ3) is 5.65. The maximum absolute atomic E-state index is 13.6. The van der Waals surface area contributed by atoms with E-state index in [2.05, 4.69) is 5.32 Å². The lowest BCUT2D eigenvalue weighted by Gasteiger charge is -2.25. The van der Waals surface area contributed by atoms with Gasteiger partial charge in [-0.1, -0.05) is 40.9 Å². The number of anilines is 2. The number of para-hydroxylation sites is 1. The van der Waals surface area contributed by atoms with Crippen LogP contribution in [-0.4, -0.2) is 35.1 Å². The molecule has 0 aliphatic heterocycles. The normalized spacial score (nSPS) is 11.1.